The fourth-order valence-electron chi connectivity index (χ4n) is 4.39. The van der Waals surface area contributed by atoms with E-state index >= 15 is 0 Å². The maximum atomic E-state index is 11.8. The highest BCUT2D eigenvalue weighted by Gasteiger charge is 2.64. The van der Waals surface area contributed by atoms with Gasteiger partial charge in [-0.1, -0.05) is 243 Å². The molecule has 0 amide bonds. The lowest BCUT2D eigenvalue weighted by molar-refractivity contribution is -0.327. The molecule has 0 fully saturated rings. The summed E-state index contributed by atoms with van der Waals surface area (Å²) in [5.41, 5.74) is -2.54. The zero-order valence-corrected chi connectivity index (χ0v) is 62.4. The van der Waals surface area contributed by atoms with Gasteiger partial charge in [-0.25, -0.2) is 0 Å². The summed E-state index contributed by atoms with van der Waals surface area (Å²) in [5, 5.41) is 0. The quantitative estimate of drug-likeness (QED) is 0.0893. The van der Waals surface area contributed by atoms with Crippen molar-refractivity contribution in [2.24, 2.45) is 57.7 Å². The zero-order valence-electron chi connectivity index (χ0n) is 62.4. The first-order valence-corrected chi connectivity index (χ1v) is 33.1. The van der Waals surface area contributed by atoms with E-state index in [0.29, 0.717) is 36.5 Å². The van der Waals surface area contributed by atoms with Crippen LogP contribution in [0.4, 0.5) is 132 Å². The van der Waals surface area contributed by atoms with E-state index in [0.717, 1.165) is 50.4 Å². The van der Waals surface area contributed by atoms with E-state index in [9.17, 15) is 132 Å². The van der Waals surface area contributed by atoms with Gasteiger partial charge in [-0.3, -0.25) is 0 Å². The molecule has 3 atom stereocenters. The number of halogens is 30. The minimum Gasteiger partial charge on any atom is -0.171 e. The van der Waals surface area contributed by atoms with Crippen LogP contribution in [0, 0.1) is 57.7 Å². The summed E-state index contributed by atoms with van der Waals surface area (Å²) in [7, 11) is 0. The van der Waals surface area contributed by atoms with Gasteiger partial charge in [-0.05, 0) is 81.0 Å². The SMILES string of the molecule is CC(C)(C(F)(F)F)C(F)(F)F.CC(C)C(C)C.CCC(C)(C)C.CCC(C)(C)C.CCC(C)CC.CCCC(C(F)(F)F)C(F)(F)F.CCCCCC(F)(F)F.CCCCCCC(F)(F)F.CCCC[C@H](C)C(F)(F)F.CCC[C@H](C)C(F)(F)F.C[C@@H](CCC(F)(F)F)C(F)(F)F. The predicted molar refractivity (Wildman–Crippen MR) is 336 cm³/mol. The van der Waals surface area contributed by atoms with E-state index in [-0.39, 0.29) is 46.0 Å². The van der Waals surface area contributed by atoms with Crippen molar-refractivity contribution in [3.8, 4) is 0 Å². The van der Waals surface area contributed by atoms with Gasteiger partial charge in [0, 0.05) is 19.3 Å². The Morgan fingerprint density at radius 1 is 0.247 bits per heavy atom. The Kier molecular flexibility index (Phi) is 70.2. The number of hydrogen-bond acceptors (Lipinski definition) is 0. The molecule has 30 heteroatoms. The highest BCUT2D eigenvalue weighted by Crippen LogP contribution is 2.49. The molecule has 0 rings (SSSR count). The van der Waals surface area contributed by atoms with Crippen molar-refractivity contribution in [2.45, 2.75) is 376 Å². The van der Waals surface area contributed by atoms with Crippen LogP contribution in [0.15, 0.2) is 0 Å². The molecule has 0 spiro atoms. The first-order valence-electron chi connectivity index (χ1n) is 33.1. The van der Waals surface area contributed by atoms with Crippen LogP contribution in [-0.2, 0) is 0 Å². The normalized spacial score (nSPS) is 13.6. The van der Waals surface area contributed by atoms with Crippen molar-refractivity contribution < 1.29 is 132 Å². The van der Waals surface area contributed by atoms with E-state index in [1.54, 1.807) is 6.92 Å². The molecule has 0 aliphatic carbocycles. The molecule has 0 N–H and O–H groups in total. The van der Waals surface area contributed by atoms with Gasteiger partial charge < -0.3 is 0 Å². The molecule has 0 bridgehead atoms. The lowest BCUT2D eigenvalue weighted by atomic mass is 9.92. The Balaban J connectivity index is -0.0000000940. The maximum Gasteiger partial charge on any atom is 0.402 e. The molecular weight excluding hydrogens is 1370 g/mol. The third kappa shape index (κ3) is 100. The summed E-state index contributed by atoms with van der Waals surface area (Å²) < 4.78 is 348. The van der Waals surface area contributed by atoms with Crippen LogP contribution in [-0.4, -0.2) is 61.8 Å². The average molecular weight is 1500 g/mol. The van der Waals surface area contributed by atoms with Gasteiger partial charge in [0.25, 0.3) is 0 Å². The van der Waals surface area contributed by atoms with Gasteiger partial charge in [-0.15, -0.1) is 0 Å². The third-order valence-corrected chi connectivity index (χ3v) is 14.3. The Morgan fingerprint density at radius 2 is 0.485 bits per heavy atom. The molecule has 0 heterocycles. The van der Waals surface area contributed by atoms with Crippen molar-refractivity contribution in [1.82, 2.24) is 0 Å². The summed E-state index contributed by atoms with van der Waals surface area (Å²) in [6.07, 6.45) is -37.8. The summed E-state index contributed by atoms with van der Waals surface area (Å²) in [5.74, 6) is -4.69. The van der Waals surface area contributed by atoms with Crippen molar-refractivity contribution in [3.05, 3.63) is 0 Å². The number of rotatable bonds is 19. The van der Waals surface area contributed by atoms with E-state index in [2.05, 4.69) is 104 Å². The molecule has 0 aromatic carbocycles. The predicted octanol–water partition coefficient (Wildman–Crippen LogP) is 32.8. The topological polar surface area (TPSA) is 0 Å². The van der Waals surface area contributed by atoms with E-state index in [1.165, 1.54) is 46.5 Å². The molecule has 0 aliphatic rings. The molecule has 0 aliphatic heterocycles. The minimum absolute atomic E-state index is 0.104. The van der Waals surface area contributed by atoms with Crippen molar-refractivity contribution >= 4 is 0 Å². The second-order valence-corrected chi connectivity index (χ2v) is 27.2. The molecule has 0 aromatic heterocycles. The van der Waals surface area contributed by atoms with E-state index in [1.807, 2.05) is 20.8 Å². The van der Waals surface area contributed by atoms with Crippen LogP contribution in [0.25, 0.3) is 0 Å². The van der Waals surface area contributed by atoms with E-state index in [4.69, 9.17) is 0 Å². The smallest absolute Gasteiger partial charge is 0.171 e. The van der Waals surface area contributed by atoms with Gasteiger partial charge in [0.1, 0.15) is 0 Å². The Labute approximate surface area is 564 Å². The number of unbranched alkanes of at least 4 members (excludes halogenated alkanes) is 6. The number of alkyl halides is 30. The Bertz CT molecular complexity index is 1580. The third-order valence-electron chi connectivity index (χ3n) is 14.3. The van der Waals surface area contributed by atoms with Crippen molar-refractivity contribution in [2.75, 3.05) is 0 Å². The minimum atomic E-state index is -5.24. The highest BCUT2D eigenvalue weighted by molar-refractivity contribution is 4.84. The lowest BCUT2D eigenvalue weighted by Crippen LogP contribution is -2.44. The van der Waals surface area contributed by atoms with Crippen LogP contribution in [0.1, 0.15) is 314 Å². The first kappa shape index (κ1) is 119. The molecule has 0 unspecified atom stereocenters. The molecule has 604 valence electrons. The Hall–Kier alpha value is -2.10. The average Bonchev–Trinajstić information content (AvgIpc) is 0.800. The fraction of sp³-hybridized carbons (Fsp3) is 1.00. The van der Waals surface area contributed by atoms with Crippen molar-refractivity contribution in [1.29, 1.82) is 0 Å². The standard InChI is InChI=1S/2C7H13F3.2C6H8F6.2C6H11F3.4C6H14.C5H6F6/c1-3-4-5-6(2)7(8,9)10;1-2-3-4-5-6-7(8,9)10;1-4(6(10,11)12)2-3-5(7,8)9;1-2-3-4(5(7,8)9)6(10,11)12;1-3-4-5(2)6(7,8)9;1-2-3-4-5-6(7,8)9;2*1-5-6(2,3)4;1-5(2)6(3)4;1-4-6(3)5-2;1-3(2,4(6,7)8)5(9,10)11/h6H,3-5H2,1-2H3;2-6H2,1H3;2*4H,2-3H2,1H3;5H,3-4H2,1-2H3;2-5H2,1H3;2*5H2,1-4H3;5-6H,1-4H3;6H,4-5H2,1-3H3;1-2H3/t6-;;4-;;5-;;;;;;/m0.0.0....../s1. The van der Waals surface area contributed by atoms with Crippen LogP contribution in [0.5, 0.6) is 0 Å². The number of hydrogen-bond donors (Lipinski definition) is 0. The summed E-state index contributed by atoms with van der Waals surface area (Å²) in [6.45, 7) is 45.8. The molecule has 0 saturated carbocycles. The molecule has 97 heavy (non-hydrogen) atoms. The Morgan fingerprint density at radius 3 is 0.629 bits per heavy atom. The van der Waals surface area contributed by atoms with Gasteiger partial charge in [0.15, 0.2) is 11.3 Å². The first-order chi connectivity index (χ1) is 42.5. The summed E-state index contributed by atoms with van der Waals surface area (Å²) in [4.78, 5) is 0. The lowest BCUT2D eigenvalue weighted by Gasteiger charge is -2.29. The second kappa shape index (κ2) is 57.3. The van der Waals surface area contributed by atoms with E-state index < -0.39 is 123 Å². The molecular formula is C67H126F30. The van der Waals surface area contributed by atoms with Crippen LogP contribution in [0.3, 0.4) is 0 Å². The zero-order chi connectivity index (χ0) is 81.1. The molecule has 0 radical (unpaired) electrons. The summed E-state index contributed by atoms with van der Waals surface area (Å²) >= 11 is 0. The van der Waals surface area contributed by atoms with Crippen LogP contribution in [0.2, 0.25) is 0 Å². The van der Waals surface area contributed by atoms with Gasteiger partial charge >= 0.3 is 61.8 Å². The summed E-state index contributed by atoms with van der Waals surface area (Å²) in [6, 6.07) is 0. The monoisotopic (exact) mass is 1500 g/mol. The molecule has 0 saturated heterocycles. The van der Waals surface area contributed by atoms with Gasteiger partial charge in [0.2, 0.25) is 0 Å². The largest absolute Gasteiger partial charge is 0.402 e. The highest BCUT2D eigenvalue weighted by atomic mass is 19.5. The second-order valence-electron chi connectivity index (χ2n) is 27.2. The van der Waals surface area contributed by atoms with Gasteiger partial charge in [-0.2, -0.15) is 132 Å². The molecule has 0 aromatic rings. The van der Waals surface area contributed by atoms with Crippen LogP contribution >= 0.6 is 0 Å². The van der Waals surface area contributed by atoms with Crippen molar-refractivity contribution in [3.63, 3.8) is 0 Å². The fourth-order valence-corrected chi connectivity index (χ4v) is 4.39. The maximum absolute atomic E-state index is 11.8. The molecule has 0 nitrogen and oxygen atoms in total. The van der Waals surface area contributed by atoms with Crippen LogP contribution < -0.4 is 0 Å². The van der Waals surface area contributed by atoms with Gasteiger partial charge in [0.05, 0.1) is 17.8 Å².